The Kier molecular flexibility index (Phi) is 5.93. The molecule has 0 aliphatic heterocycles. The second-order valence-electron chi connectivity index (χ2n) is 7.91. The second-order valence-corrected chi connectivity index (χ2v) is 7.91. The van der Waals surface area contributed by atoms with Crippen LogP contribution in [0.25, 0.3) is 11.1 Å². The summed E-state index contributed by atoms with van der Waals surface area (Å²) < 4.78 is 85.5. The molecule has 4 rings (SSSR count). The summed E-state index contributed by atoms with van der Waals surface area (Å²) in [6.07, 6.45) is -3.01. The zero-order chi connectivity index (χ0) is 23.0. The van der Waals surface area contributed by atoms with Gasteiger partial charge in [0.2, 0.25) is 0 Å². The van der Waals surface area contributed by atoms with Crippen LogP contribution in [0.15, 0.2) is 48.5 Å². The van der Waals surface area contributed by atoms with Crippen LogP contribution in [0.3, 0.4) is 0 Å². The average molecular weight is 450 g/mol. The van der Waals surface area contributed by atoms with Crippen LogP contribution in [0.5, 0.6) is 5.75 Å². The van der Waals surface area contributed by atoms with Gasteiger partial charge in [-0.2, -0.15) is 0 Å². The van der Waals surface area contributed by atoms with E-state index in [1.54, 1.807) is 6.07 Å². The van der Waals surface area contributed by atoms with Crippen LogP contribution in [0, 0.1) is 17.5 Å². The van der Waals surface area contributed by atoms with E-state index >= 15 is 4.39 Å². The maximum absolute atomic E-state index is 15.3. The number of hydrogen-bond donors (Lipinski definition) is 0. The summed E-state index contributed by atoms with van der Waals surface area (Å²) in [6, 6.07) is 10.8. The van der Waals surface area contributed by atoms with Crippen LogP contribution >= 0.6 is 0 Å². The SMILES string of the molecule is CCc1ccc(C2CCc3c(cc(F)c(-c4ccc(OC(F)(F)F)cc4)c3F)C2)c(F)c1. The fourth-order valence-corrected chi connectivity index (χ4v) is 4.32. The van der Waals surface area contributed by atoms with Crippen molar-refractivity contribution < 1.29 is 31.1 Å². The number of aryl methyl sites for hydroxylation is 1. The molecular formula is C25H20F6O. The van der Waals surface area contributed by atoms with Crippen LogP contribution in [0.2, 0.25) is 0 Å². The smallest absolute Gasteiger partial charge is 0.406 e. The Hall–Kier alpha value is -2.96. The maximum Gasteiger partial charge on any atom is 0.573 e. The average Bonchev–Trinajstić information content (AvgIpc) is 2.73. The zero-order valence-electron chi connectivity index (χ0n) is 17.2. The number of ether oxygens (including phenoxy) is 1. The highest BCUT2D eigenvalue weighted by molar-refractivity contribution is 5.67. The lowest BCUT2D eigenvalue weighted by Crippen LogP contribution is -2.17. The molecule has 32 heavy (non-hydrogen) atoms. The minimum Gasteiger partial charge on any atom is -0.406 e. The molecule has 1 aliphatic rings. The molecule has 3 aromatic carbocycles. The van der Waals surface area contributed by atoms with Crippen molar-refractivity contribution >= 4 is 0 Å². The van der Waals surface area contributed by atoms with E-state index in [2.05, 4.69) is 4.74 Å². The van der Waals surface area contributed by atoms with Gasteiger partial charge in [0.1, 0.15) is 23.2 Å². The number of rotatable bonds is 4. The molecule has 168 valence electrons. The molecule has 0 saturated carbocycles. The first-order chi connectivity index (χ1) is 15.2. The molecule has 0 heterocycles. The third-order valence-electron chi connectivity index (χ3n) is 5.91. The molecule has 0 fully saturated rings. The molecule has 1 unspecified atom stereocenters. The number of fused-ring (bicyclic) bond motifs is 1. The fourth-order valence-electron chi connectivity index (χ4n) is 4.32. The summed E-state index contributed by atoms with van der Waals surface area (Å²) in [5.41, 5.74) is 2.09. The van der Waals surface area contributed by atoms with E-state index in [1.807, 2.05) is 13.0 Å². The van der Waals surface area contributed by atoms with Gasteiger partial charge in [-0.15, -0.1) is 13.2 Å². The van der Waals surface area contributed by atoms with Crippen molar-refractivity contribution in [3.8, 4) is 16.9 Å². The molecule has 1 atom stereocenters. The third kappa shape index (κ3) is 4.47. The van der Waals surface area contributed by atoms with E-state index in [1.165, 1.54) is 24.3 Å². The molecule has 0 spiro atoms. The largest absolute Gasteiger partial charge is 0.573 e. The van der Waals surface area contributed by atoms with Gasteiger partial charge in [-0.3, -0.25) is 0 Å². The van der Waals surface area contributed by atoms with Crippen molar-refractivity contribution in [2.45, 2.75) is 44.9 Å². The van der Waals surface area contributed by atoms with Gasteiger partial charge in [-0.25, -0.2) is 13.2 Å². The standard InChI is InChI=1S/C25H20F6O/c1-2-14-3-9-19(21(26)11-14)16-6-10-20-17(12-16)13-22(27)23(24(20)28)15-4-7-18(8-5-15)32-25(29,30)31/h3-5,7-9,11,13,16H,2,6,10,12H2,1H3. The fraction of sp³-hybridized carbons (Fsp3) is 0.280. The molecule has 0 radical (unpaired) electrons. The number of halogens is 6. The topological polar surface area (TPSA) is 9.23 Å². The highest BCUT2D eigenvalue weighted by Crippen LogP contribution is 2.39. The Morgan fingerprint density at radius 1 is 0.938 bits per heavy atom. The maximum atomic E-state index is 15.3. The van der Waals surface area contributed by atoms with Crippen molar-refractivity contribution in [3.63, 3.8) is 0 Å². The summed E-state index contributed by atoms with van der Waals surface area (Å²) in [4.78, 5) is 0. The Balaban J connectivity index is 1.63. The highest BCUT2D eigenvalue weighted by atomic mass is 19.4. The van der Waals surface area contributed by atoms with Gasteiger partial charge in [0, 0.05) is 0 Å². The lowest BCUT2D eigenvalue weighted by molar-refractivity contribution is -0.274. The summed E-state index contributed by atoms with van der Waals surface area (Å²) in [7, 11) is 0. The predicted molar refractivity (Wildman–Crippen MR) is 109 cm³/mol. The molecule has 3 aromatic rings. The monoisotopic (exact) mass is 450 g/mol. The molecule has 7 heteroatoms. The van der Waals surface area contributed by atoms with E-state index in [0.717, 1.165) is 17.7 Å². The second kappa shape index (κ2) is 8.52. The van der Waals surface area contributed by atoms with Gasteiger partial charge in [0.15, 0.2) is 0 Å². The van der Waals surface area contributed by atoms with Crippen molar-refractivity contribution in [2.75, 3.05) is 0 Å². The summed E-state index contributed by atoms with van der Waals surface area (Å²) in [5, 5.41) is 0. The Morgan fingerprint density at radius 3 is 2.28 bits per heavy atom. The van der Waals surface area contributed by atoms with Crippen molar-refractivity contribution in [1.29, 1.82) is 0 Å². The van der Waals surface area contributed by atoms with E-state index in [4.69, 9.17) is 0 Å². The third-order valence-corrected chi connectivity index (χ3v) is 5.91. The van der Waals surface area contributed by atoms with Crippen LogP contribution < -0.4 is 4.74 Å². The molecule has 0 bridgehead atoms. The summed E-state index contributed by atoms with van der Waals surface area (Å²) >= 11 is 0. The first kappa shape index (κ1) is 22.2. The molecule has 0 N–H and O–H groups in total. The van der Waals surface area contributed by atoms with Crippen LogP contribution in [0.1, 0.15) is 41.5 Å². The number of hydrogen-bond acceptors (Lipinski definition) is 1. The van der Waals surface area contributed by atoms with E-state index in [-0.39, 0.29) is 22.9 Å². The number of benzene rings is 3. The normalized spacial score (nSPS) is 16.0. The molecule has 0 aromatic heterocycles. The first-order valence-corrected chi connectivity index (χ1v) is 10.3. The molecule has 1 nitrogen and oxygen atoms in total. The van der Waals surface area contributed by atoms with Crippen LogP contribution in [-0.2, 0) is 19.3 Å². The molecular weight excluding hydrogens is 430 g/mol. The quantitative estimate of drug-likeness (QED) is 0.374. The first-order valence-electron chi connectivity index (χ1n) is 10.3. The lowest BCUT2D eigenvalue weighted by Gasteiger charge is -2.27. The van der Waals surface area contributed by atoms with Crippen LogP contribution in [0.4, 0.5) is 26.3 Å². The van der Waals surface area contributed by atoms with Gasteiger partial charge in [-0.05, 0) is 83.7 Å². The van der Waals surface area contributed by atoms with Crippen molar-refractivity contribution in [1.82, 2.24) is 0 Å². The molecule has 1 aliphatic carbocycles. The molecule has 0 saturated heterocycles. The van der Waals surface area contributed by atoms with Gasteiger partial charge in [0.05, 0.1) is 5.56 Å². The highest BCUT2D eigenvalue weighted by Gasteiger charge is 2.31. The van der Waals surface area contributed by atoms with E-state index in [0.29, 0.717) is 42.4 Å². The Bertz CT molecular complexity index is 1130. The van der Waals surface area contributed by atoms with Gasteiger partial charge >= 0.3 is 6.36 Å². The minimum atomic E-state index is -4.85. The van der Waals surface area contributed by atoms with Gasteiger partial charge in [0.25, 0.3) is 0 Å². The number of alkyl halides is 3. The van der Waals surface area contributed by atoms with E-state index < -0.39 is 23.7 Å². The van der Waals surface area contributed by atoms with Crippen molar-refractivity contribution in [3.05, 3.63) is 88.2 Å². The van der Waals surface area contributed by atoms with Gasteiger partial charge in [-0.1, -0.05) is 31.2 Å². The predicted octanol–water partition coefficient (Wildman–Crippen LogP) is 7.50. The zero-order valence-corrected chi connectivity index (χ0v) is 17.2. The molecule has 0 amide bonds. The van der Waals surface area contributed by atoms with Crippen LogP contribution in [-0.4, -0.2) is 6.36 Å². The van der Waals surface area contributed by atoms with E-state index in [9.17, 15) is 22.0 Å². The Morgan fingerprint density at radius 2 is 1.66 bits per heavy atom. The summed E-state index contributed by atoms with van der Waals surface area (Å²) in [5.74, 6) is -2.51. The van der Waals surface area contributed by atoms with Gasteiger partial charge < -0.3 is 4.74 Å². The Labute approximate surface area is 181 Å². The van der Waals surface area contributed by atoms with Crippen molar-refractivity contribution in [2.24, 2.45) is 0 Å². The summed E-state index contributed by atoms with van der Waals surface area (Å²) in [6.45, 7) is 1.94. The lowest BCUT2D eigenvalue weighted by atomic mass is 9.78. The minimum absolute atomic E-state index is 0.112.